The monoisotopic (exact) mass is 268 g/mol. The van der Waals surface area contributed by atoms with Gasteiger partial charge in [0.25, 0.3) is 0 Å². The van der Waals surface area contributed by atoms with Crippen molar-refractivity contribution < 1.29 is 4.79 Å². The Balaban J connectivity index is 2.39. The summed E-state index contributed by atoms with van der Waals surface area (Å²) < 4.78 is 0. The lowest BCUT2D eigenvalue weighted by molar-refractivity contribution is -0.133. The summed E-state index contributed by atoms with van der Waals surface area (Å²) in [6.45, 7) is 5.22. The maximum Gasteiger partial charge on any atom is 0.222 e. The molecule has 19 heavy (non-hydrogen) atoms. The minimum atomic E-state index is 0.328. The Morgan fingerprint density at radius 2 is 2.00 bits per heavy atom. The van der Waals surface area contributed by atoms with E-state index in [0.717, 1.165) is 25.8 Å². The van der Waals surface area contributed by atoms with E-state index in [-0.39, 0.29) is 0 Å². The number of nitrogens with zero attached hydrogens (tertiary/aromatic N) is 1. The summed E-state index contributed by atoms with van der Waals surface area (Å²) in [4.78, 5) is 14.3. The third-order valence-corrected chi connectivity index (χ3v) is 4.88. The molecule has 3 atom stereocenters. The fourth-order valence-electron chi connectivity index (χ4n) is 3.35. The van der Waals surface area contributed by atoms with Crippen LogP contribution in [0.25, 0.3) is 0 Å². The van der Waals surface area contributed by atoms with Crippen LogP contribution in [0.5, 0.6) is 0 Å². The zero-order valence-electron chi connectivity index (χ0n) is 13.0. The molecule has 0 radical (unpaired) electrons. The number of hydrogen-bond acceptors (Lipinski definition) is 2. The molecule has 3 heteroatoms. The third kappa shape index (κ3) is 5.13. The third-order valence-electron chi connectivity index (χ3n) is 4.88. The predicted molar refractivity (Wildman–Crippen MR) is 80.9 cm³/mol. The van der Waals surface area contributed by atoms with Gasteiger partial charge in [-0.3, -0.25) is 4.79 Å². The molecule has 112 valence electrons. The van der Waals surface area contributed by atoms with Gasteiger partial charge in [-0.15, -0.1) is 0 Å². The van der Waals surface area contributed by atoms with E-state index in [1.165, 1.54) is 25.7 Å². The van der Waals surface area contributed by atoms with Crippen molar-refractivity contribution in [2.24, 2.45) is 17.6 Å². The van der Waals surface area contributed by atoms with Crippen molar-refractivity contribution in [3.05, 3.63) is 0 Å². The summed E-state index contributed by atoms with van der Waals surface area (Å²) in [6, 6.07) is 0.468. The van der Waals surface area contributed by atoms with Crippen molar-refractivity contribution in [3.63, 3.8) is 0 Å². The summed E-state index contributed by atoms with van der Waals surface area (Å²) >= 11 is 0. The van der Waals surface area contributed by atoms with Gasteiger partial charge in [-0.2, -0.15) is 0 Å². The number of carbonyl (C=O) groups is 1. The van der Waals surface area contributed by atoms with Gasteiger partial charge < -0.3 is 10.6 Å². The average molecular weight is 268 g/mol. The lowest BCUT2D eigenvalue weighted by Gasteiger charge is -2.36. The number of carbonyl (C=O) groups excluding carboxylic acids is 1. The number of rotatable bonds is 7. The van der Waals surface area contributed by atoms with E-state index in [9.17, 15) is 4.79 Å². The first-order valence-corrected chi connectivity index (χ1v) is 8.05. The van der Waals surface area contributed by atoms with Gasteiger partial charge in [0.1, 0.15) is 0 Å². The van der Waals surface area contributed by atoms with Crippen LogP contribution in [0.2, 0.25) is 0 Å². The van der Waals surface area contributed by atoms with Gasteiger partial charge in [0.15, 0.2) is 0 Å². The molecular formula is C16H32N2O. The molecule has 2 N–H and O–H groups in total. The molecule has 0 aliphatic heterocycles. The number of amides is 1. The van der Waals surface area contributed by atoms with Gasteiger partial charge in [-0.25, -0.2) is 0 Å². The van der Waals surface area contributed by atoms with E-state index >= 15 is 0 Å². The topological polar surface area (TPSA) is 46.3 Å². The van der Waals surface area contributed by atoms with Gasteiger partial charge in [0, 0.05) is 19.5 Å². The Bertz CT molecular complexity index is 267. The van der Waals surface area contributed by atoms with E-state index in [1.54, 1.807) is 0 Å². The van der Waals surface area contributed by atoms with Crippen LogP contribution in [0.1, 0.15) is 65.2 Å². The molecule has 1 rings (SSSR count). The van der Waals surface area contributed by atoms with Crippen molar-refractivity contribution in [3.8, 4) is 0 Å². The molecule has 1 amide bonds. The summed E-state index contributed by atoms with van der Waals surface area (Å²) in [5.74, 6) is 1.61. The molecule has 0 aromatic carbocycles. The zero-order valence-corrected chi connectivity index (χ0v) is 13.0. The predicted octanol–water partition coefficient (Wildman–Crippen LogP) is 3.18. The molecule has 1 aliphatic carbocycles. The van der Waals surface area contributed by atoms with Gasteiger partial charge in [-0.05, 0) is 44.1 Å². The van der Waals surface area contributed by atoms with Crippen LogP contribution >= 0.6 is 0 Å². The molecular weight excluding hydrogens is 236 g/mol. The highest BCUT2D eigenvalue weighted by atomic mass is 16.2. The van der Waals surface area contributed by atoms with Gasteiger partial charge >= 0.3 is 0 Å². The number of hydrogen-bond donors (Lipinski definition) is 1. The van der Waals surface area contributed by atoms with E-state index in [4.69, 9.17) is 5.73 Å². The van der Waals surface area contributed by atoms with Crippen molar-refractivity contribution in [1.82, 2.24) is 4.90 Å². The number of nitrogens with two attached hydrogens (primary N) is 1. The lowest BCUT2D eigenvalue weighted by Crippen LogP contribution is -2.42. The summed E-state index contributed by atoms with van der Waals surface area (Å²) in [7, 11) is 2.00. The molecule has 0 bridgehead atoms. The zero-order chi connectivity index (χ0) is 14.3. The van der Waals surface area contributed by atoms with Crippen molar-refractivity contribution in [2.75, 3.05) is 13.6 Å². The van der Waals surface area contributed by atoms with Crippen molar-refractivity contribution >= 4 is 5.91 Å². The second kappa shape index (κ2) is 8.57. The Hall–Kier alpha value is -0.570. The normalized spacial score (nSPS) is 25.1. The first kappa shape index (κ1) is 16.5. The van der Waals surface area contributed by atoms with Gasteiger partial charge in [0.05, 0.1) is 0 Å². The second-order valence-electron chi connectivity index (χ2n) is 6.22. The minimum Gasteiger partial charge on any atom is -0.343 e. The van der Waals surface area contributed by atoms with Crippen LogP contribution in [0.4, 0.5) is 0 Å². The first-order valence-electron chi connectivity index (χ1n) is 8.05. The molecule has 0 heterocycles. The fraction of sp³-hybridized carbons (Fsp3) is 0.938. The maximum absolute atomic E-state index is 12.3. The second-order valence-corrected chi connectivity index (χ2v) is 6.22. The molecule has 0 aromatic heterocycles. The van der Waals surface area contributed by atoms with E-state index < -0.39 is 0 Å². The van der Waals surface area contributed by atoms with Crippen LogP contribution in [0, 0.1) is 11.8 Å². The average Bonchev–Trinajstić information content (AvgIpc) is 2.42. The molecule has 0 aromatic rings. The van der Waals surface area contributed by atoms with Crippen LogP contribution in [0.15, 0.2) is 0 Å². The highest BCUT2D eigenvalue weighted by Crippen LogP contribution is 2.28. The first-order chi connectivity index (χ1) is 9.10. The Morgan fingerprint density at radius 3 is 2.58 bits per heavy atom. The van der Waals surface area contributed by atoms with E-state index in [0.29, 0.717) is 30.2 Å². The van der Waals surface area contributed by atoms with Gasteiger partial charge in [-0.1, -0.05) is 33.1 Å². The van der Waals surface area contributed by atoms with Crippen LogP contribution in [-0.2, 0) is 4.79 Å². The molecule has 0 spiro atoms. The SMILES string of the molecule is CCC(CCN)CCC(=O)N(C)C1CCCCC1C. The Morgan fingerprint density at radius 1 is 1.32 bits per heavy atom. The van der Waals surface area contributed by atoms with E-state index in [2.05, 4.69) is 13.8 Å². The molecule has 1 aliphatic rings. The Kier molecular flexibility index (Phi) is 7.44. The summed E-state index contributed by atoms with van der Waals surface area (Å²) in [5, 5.41) is 0. The highest BCUT2D eigenvalue weighted by Gasteiger charge is 2.27. The lowest BCUT2D eigenvalue weighted by atomic mass is 9.85. The van der Waals surface area contributed by atoms with E-state index in [1.807, 2.05) is 11.9 Å². The summed E-state index contributed by atoms with van der Waals surface area (Å²) in [6.07, 6.45) is 8.93. The Labute approximate surface area is 118 Å². The van der Waals surface area contributed by atoms with Crippen LogP contribution in [0.3, 0.4) is 0 Å². The maximum atomic E-state index is 12.3. The minimum absolute atomic E-state index is 0.328. The van der Waals surface area contributed by atoms with Crippen molar-refractivity contribution in [2.45, 2.75) is 71.3 Å². The molecule has 3 unspecified atom stereocenters. The molecule has 0 saturated heterocycles. The smallest absolute Gasteiger partial charge is 0.222 e. The van der Waals surface area contributed by atoms with Crippen molar-refractivity contribution in [1.29, 1.82) is 0 Å². The highest BCUT2D eigenvalue weighted by molar-refractivity contribution is 5.76. The summed E-state index contributed by atoms with van der Waals surface area (Å²) in [5.41, 5.74) is 5.61. The standard InChI is InChI=1S/C16H32N2O/c1-4-14(11-12-17)9-10-16(19)18(3)15-8-6-5-7-13(15)2/h13-15H,4-12,17H2,1-3H3. The fourth-order valence-corrected chi connectivity index (χ4v) is 3.35. The van der Waals surface area contributed by atoms with Crippen LogP contribution in [-0.4, -0.2) is 30.4 Å². The molecule has 3 nitrogen and oxygen atoms in total. The molecule has 1 saturated carbocycles. The van der Waals surface area contributed by atoms with Gasteiger partial charge in [0.2, 0.25) is 5.91 Å². The molecule has 1 fully saturated rings. The van der Waals surface area contributed by atoms with Crippen LogP contribution < -0.4 is 5.73 Å². The quantitative estimate of drug-likeness (QED) is 0.771. The largest absolute Gasteiger partial charge is 0.343 e.